The molecule has 1 fully saturated rings. The summed E-state index contributed by atoms with van der Waals surface area (Å²) in [7, 11) is 0. The molecule has 9 nitrogen and oxygen atoms in total. The van der Waals surface area contributed by atoms with Gasteiger partial charge in [-0.15, -0.1) is 0 Å². The molecule has 4 aromatic rings. The maximum atomic E-state index is 12.6. The van der Waals surface area contributed by atoms with Crippen LogP contribution < -0.4 is 4.74 Å². The van der Waals surface area contributed by atoms with Crippen LogP contribution in [0.2, 0.25) is 5.02 Å². The number of nitrogens with one attached hydrogen (secondary N) is 1. The second-order valence-electron chi connectivity index (χ2n) is 10.3. The van der Waals surface area contributed by atoms with E-state index in [0.717, 1.165) is 16.7 Å². The van der Waals surface area contributed by atoms with Crippen LogP contribution in [0.4, 0.5) is 0 Å². The number of H-pyrrole nitrogens is 1. The van der Waals surface area contributed by atoms with Crippen molar-refractivity contribution in [1.29, 1.82) is 0 Å². The van der Waals surface area contributed by atoms with Crippen LogP contribution in [0.5, 0.6) is 6.01 Å². The van der Waals surface area contributed by atoms with Crippen LogP contribution in [0.3, 0.4) is 0 Å². The first kappa shape index (κ1) is 26.6. The molecule has 2 aromatic carbocycles. The number of aliphatic hydroxyl groups is 1. The van der Waals surface area contributed by atoms with Crippen molar-refractivity contribution < 1.29 is 24.5 Å². The van der Waals surface area contributed by atoms with Gasteiger partial charge < -0.3 is 24.8 Å². The number of carboxylic acid groups (broad SMARTS) is 1. The van der Waals surface area contributed by atoms with Crippen LogP contribution in [0.1, 0.15) is 37.0 Å². The summed E-state index contributed by atoms with van der Waals surface area (Å²) in [5.74, 6) is -1.01. The number of ether oxygens (including phenoxy) is 1. The summed E-state index contributed by atoms with van der Waals surface area (Å²) >= 11 is 6.58. The number of imidazole rings is 1. The van der Waals surface area contributed by atoms with E-state index in [1.807, 2.05) is 24.3 Å². The Labute approximate surface area is 230 Å². The van der Waals surface area contributed by atoms with Gasteiger partial charge in [-0.25, -0.2) is 9.78 Å². The highest BCUT2D eigenvalue weighted by Crippen LogP contribution is 2.32. The minimum absolute atomic E-state index is 0.0531. The van der Waals surface area contributed by atoms with Crippen LogP contribution in [-0.4, -0.2) is 67.7 Å². The molecule has 1 aliphatic heterocycles. The van der Waals surface area contributed by atoms with E-state index in [4.69, 9.17) is 21.4 Å². The first-order chi connectivity index (χ1) is 18.6. The number of hydrogen-bond acceptors (Lipinski definition) is 6. The molecule has 2 aromatic heterocycles. The van der Waals surface area contributed by atoms with Gasteiger partial charge in [0.05, 0.1) is 33.8 Å². The summed E-state index contributed by atoms with van der Waals surface area (Å²) in [6.45, 7) is 4.41. The van der Waals surface area contributed by atoms with E-state index in [2.05, 4.69) is 15.0 Å². The fraction of sp³-hybridized carbons (Fsp3) is 0.310. The summed E-state index contributed by atoms with van der Waals surface area (Å²) < 4.78 is 6.08. The quantitative estimate of drug-likeness (QED) is 0.295. The molecule has 0 saturated carbocycles. The lowest BCUT2D eigenvalue weighted by atomic mass is 9.91. The number of carbonyl (C=O) groups is 2. The number of amides is 1. The summed E-state index contributed by atoms with van der Waals surface area (Å²) in [6, 6.07) is 16.5. The summed E-state index contributed by atoms with van der Waals surface area (Å²) in [5.41, 5.74) is 3.85. The molecule has 3 heterocycles. The molecular weight excluding hydrogens is 520 g/mol. The number of piperidine rings is 1. The Morgan fingerprint density at radius 1 is 1.03 bits per heavy atom. The van der Waals surface area contributed by atoms with Crippen LogP contribution in [0.25, 0.3) is 33.5 Å². The Hall–Kier alpha value is -3.95. The van der Waals surface area contributed by atoms with E-state index < -0.39 is 11.4 Å². The molecule has 0 spiro atoms. The highest BCUT2D eigenvalue weighted by atomic mass is 35.5. The number of carboxylic acids is 1. The van der Waals surface area contributed by atoms with Gasteiger partial charge in [0.25, 0.3) is 6.01 Å². The number of rotatable bonds is 7. The number of nitrogens with zero attached hydrogens (tertiary/aromatic N) is 3. The molecule has 0 unspecified atom stereocenters. The number of fused-ring (bicyclic) bond motifs is 1. The molecule has 10 heteroatoms. The Bertz CT molecular complexity index is 1510. The molecule has 39 heavy (non-hydrogen) atoms. The van der Waals surface area contributed by atoms with Gasteiger partial charge in [0, 0.05) is 31.5 Å². The van der Waals surface area contributed by atoms with Crippen LogP contribution >= 0.6 is 11.6 Å². The van der Waals surface area contributed by atoms with Crippen LogP contribution in [-0.2, 0) is 4.79 Å². The van der Waals surface area contributed by atoms with Crippen molar-refractivity contribution in [1.82, 2.24) is 19.9 Å². The van der Waals surface area contributed by atoms with Crippen molar-refractivity contribution in [3.63, 3.8) is 0 Å². The van der Waals surface area contributed by atoms with E-state index in [-0.39, 0.29) is 24.2 Å². The first-order valence-corrected chi connectivity index (χ1v) is 13.1. The zero-order valence-electron chi connectivity index (χ0n) is 21.6. The number of hydrogen-bond donors (Lipinski definition) is 3. The zero-order valence-corrected chi connectivity index (χ0v) is 22.4. The van der Waals surface area contributed by atoms with Gasteiger partial charge in [-0.05, 0) is 43.2 Å². The minimum atomic E-state index is -0.958. The summed E-state index contributed by atoms with van der Waals surface area (Å²) in [6.07, 6.45) is 1.23. The van der Waals surface area contributed by atoms with Gasteiger partial charge in [-0.2, -0.15) is 4.98 Å². The Balaban J connectivity index is 1.28. The molecule has 5 rings (SSSR count). The number of aliphatic hydroxyl groups excluding tert-OH is 1. The van der Waals surface area contributed by atoms with E-state index in [0.29, 0.717) is 53.8 Å². The average molecular weight is 549 g/mol. The lowest BCUT2D eigenvalue weighted by Gasteiger charge is -2.36. The predicted octanol–water partition coefficient (Wildman–Crippen LogP) is 5.03. The molecule has 0 aliphatic carbocycles. The number of pyridine rings is 1. The van der Waals surface area contributed by atoms with Crippen molar-refractivity contribution in [3.05, 3.63) is 65.2 Å². The molecule has 1 amide bonds. The molecule has 1 aliphatic rings. The molecule has 1 saturated heterocycles. The number of aromatic carboxylic acids is 1. The fourth-order valence-electron chi connectivity index (χ4n) is 4.61. The Morgan fingerprint density at radius 3 is 2.21 bits per heavy atom. The minimum Gasteiger partial charge on any atom is -0.478 e. The lowest BCUT2D eigenvalue weighted by molar-refractivity contribution is -0.144. The molecule has 0 atom stereocenters. The zero-order chi connectivity index (χ0) is 27.7. The van der Waals surface area contributed by atoms with E-state index >= 15 is 0 Å². The van der Waals surface area contributed by atoms with E-state index in [1.165, 1.54) is 0 Å². The highest BCUT2D eigenvalue weighted by Gasteiger charge is 2.34. The van der Waals surface area contributed by atoms with Gasteiger partial charge in [0.2, 0.25) is 5.91 Å². The monoisotopic (exact) mass is 548 g/mol. The molecular formula is C29H29ClN4O5. The van der Waals surface area contributed by atoms with Crippen molar-refractivity contribution in [3.8, 4) is 28.4 Å². The summed E-state index contributed by atoms with van der Waals surface area (Å²) in [5, 5.41) is 19.1. The lowest BCUT2D eigenvalue weighted by Crippen LogP contribution is -2.48. The smallest absolute Gasteiger partial charge is 0.335 e. The molecule has 3 N–H and O–H groups in total. The third-order valence-electron chi connectivity index (χ3n) is 7.01. The molecule has 0 bridgehead atoms. The fourth-order valence-corrected chi connectivity index (χ4v) is 4.87. The number of carbonyl (C=O) groups excluding carboxylic acids is 1. The number of benzene rings is 2. The number of likely N-dealkylation sites (tertiary alicyclic amines) is 1. The van der Waals surface area contributed by atoms with E-state index in [9.17, 15) is 14.7 Å². The number of aromatic nitrogens is 3. The first-order valence-electron chi connectivity index (χ1n) is 12.7. The van der Waals surface area contributed by atoms with Gasteiger partial charge in [-0.3, -0.25) is 4.79 Å². The van der Waals surface area contributed by atoms with Gasteiger partial charge in [-0.1, -0.05) is 48.0 Å². The molecule has 202 valence electrons. The topological polar surface area (TPSA) is 129 Å². The van der Waals surface area contributed by atoms with Crippen molar-refractivity contribution >= 4 is 34.6 Å². The second kappa shape index (κ2) is 10.7. The Morgan fingerprint density at radius 2 is 1.62 bits per heavy atom. The van der Waals surface area contributed by atoms with E-state index in [1.54, 1.807) is 49.1 Å². The highest BCUT2D eigenvalue weighted by molar-refractivity contribution is 6.33. The third-order valence-corrected chi connectivity index (χ3v) is 7.30. The maximum absolute atomic E-state index is 12.6. The van der Waals surface area contributed by atoms with Crippen LogP contribution in [0, 0.1) is 5.41 Å². The number of halogens is 1. The SMILES string of the molecule is CC(C)(CO)C(=O)N1CCC(Oc2nc3nc(-c4ccc(-c5ccc(C(=O)O)cc5)cc4)c(Cl)cc3[nH]2)CC1. The maximum Gasteiger partial charge on any atom is 0.335 e. The van der Waals surface area contributed by atoms with Crippen LogP contribution in [0.15, 0.2) is 54.6 Å². The third kappa shape index (κ3) is 5.60. The van der Waals surface area contributed by atoms with Gasteiger partial charge in [0.1, 0.15) is 6.10 Å². The second-order valence-corrected chi connectivity index (χ2v) is 10.8. The normalized spacial score (nSPS) is 14.5. The van der Waals surface area contributed by atoms with Crippen molar-refractivity contribution in [2.45, 2.75) is 32.8 Å². The predicted molar refractivity (Wildman–Crippen MR) is 148 cm³/mol. The number of aromatic amines is 1. The Kier molecular flexibility index (Phi) is 7.29. The molecule has 0 radical (unpaired) electrons. The largest absolute Gasteiger partial charge is 0.478 e. The van der Waals surface area contributed by atoms with Crippen molar-refractivity contribution in [2.24, 2.45) is 5.41 Å². The average Bonchev–Trinajstić information content (AvgIpc) is 3.33. The van der Waals surface area contributed by atoms with Crippen molar-refractivity contribution in [2.75, 3.05) is 19.7 Å². The summed E-state index contributed by atoms with van der Waals surface area (Å²) in [4.78, 5) is 37.8. The standard InChI is InChI=1S/C29H29ClN4O5/c1-29(2,16-35)27(38)34-13-11-21(12-14-34)39-28-31-23-15-22(30)24(32-25(23)33-28)19-7-3-17(4-8-19)18-5-9-20(10-6-18)26(36)37/h3-10,15,21,35H,11-14,16H2,1-2H3,(H,36,37)(H,31,32,33). The van der Waals surface area contributed by atoms with Gasteiger partial charge in [0.15, 0.2) is 5.65 Å². The van der Waals surface area contributed by atoms with Gasteiger partial charge >= 0.3 is 5.97 Å².